The lowest BCUT2D eigenvalue weighted by molar-refractivity contribution is -0.126. The van der Waals surface area contributed by atoms with Gasteiger partial charge in [-0.05, 0) is 30.5 Å². The molecular formula is C18H16F2N2O4S. The SMILES string of the molecule is CSc1ccccc1C(=O)OCC(=O)NCC(=O)Nc1ccc(F)c(F)c1. The molecule has 0 radical (unpaired) electrons. The maximum atomic E-state index is 13.1. The Hall–Kier alpha value is -2.94. The van der Waals surface area contributed by atoms with Crippen molar-refractivity contribution in [2.45, 2.75) is 4.90 Å². The second kappa shape index (κ2) is 9.67. The van der Waals surface area contributed by atoms with Crippen LogP contribution in [0.5, 0.6) is 0 Å². The Morgan fingerprint density at radius 2 is 1.78 bits per heavy atom. The minimum absolute atomic E-state index is 0.0493. The minimum atomic E-state index is -1.10. The average molecular weight is 394 g/mol. The van der Waals surface area contributed by atoms with E-state index in [0.717, 1.165) is 12.1 Å². The summed E-state index contributed by atoms with van der Waals surface area (Å²) in [5.41, 5.74) is 0.391. The number of rotatable bonds is 7. The van der Waals surface area contributed by atoms with E-state index in [1.54, 1.807) is 24.3 Å². The molecule has 27 heavy (non-hydrogen) atoms. The molecule has 0 bridgehead atoms. The normalized spacial score (nSPS) is 10.2. The highest BCUT2D eigenvalue weighted by Crippen LogP contribution is 2.20. The minimum Gasteiger partial charge on any atom is -0.452 e. The maximum absolute atomic E-state index is 13.1. The Morgan fingerprint density at radius 1 is 1.04 bits per heavy atom. The molecule has 0 saturated heterocycles. The quantitative estimate of drug-likeness (QED) is 0.557. The topological polar surface area (TPSA) is 84.5 Å². The van der Waals surface area contributed by atoms with Crippen molar-refractivity contribution in [2.24, 2.45) is 0 Å². The number of ether oxygens (including phenoxy) is 1. The van der Waals surface area contributed by atoms with E-state index in [9.17, 15) is 23.2 Å². The van der Waals surface area contributed by atoms with Crippen LogP contribution in [0.2, 0.25) is 0 Å². The lowest BCUT2D eigenvalue weighted by atomic mass is 10.2. The molecule has 142 valence electrons. The molecule has 9 heteroatoms. The van der Waals surface area contributed by atoms with Gasteiger partial charge >= 0.3 is 5.97 Å². The fourth-order valence-corrected chi connectivity index (χ4v) is 2.62. The lowest BCUT2D eigenvalue weighted by Gasteiger charge is -2.09. The van der Waals surface area contributed by atoms with Gasteiger partial charge < -0.3 is 15.4 Å². The summed E-state index contributed by atoms with van der Waals surface area (Å²) in [7, 11) is 0. The number of nitrogens with one attached hydrogen (secondary N) is 2. The van der Waals surface area contributed by atoms with E-state index in [1.807, 2.05) is 6.26 Å². The summed E-state index contributed by atoms with van der Waals surface area (Å²) >= 11 is 1.37. The summed E-state index contributed by atoms with van der Waals surface area (Å²) in [6, 6.07) is 9.67. The number of benzene rings is 2. The van der Waals surface area contributed by atoms with Gasteiger partial charge in [0.2, 0.25) is 5.91 Å². The number of hydrogen-bond acceptors (Lipinski definition) is 5. The predicted octanol–water partition coefficient (Wildman–Crippen LogP) is 2.60. The fourth-order valence-electron chi connectivity index (χ4n) is 2.03. The van der Waals surface area contributed by atoms with E-state index in [1.165, 1.54) is 17.8 Å². The van der Waals surface area contributed by atoms with Crippen molar-refractivity contribution < 1.29 is 27.9 Å². The summed E-state index contributed by atoms with van der Waals surface area (Å²) in [5, 5.41) is 4.56. The number of carbonyl (C=O) groups is 3. The smallest absolute Gasteiger partial charge is 0.339 e. The van der Waals surface area contributed by atoms with E-state index in [4.69, 9.17) is 4.74 Å². The molecule has 0 aliphatic heterocycles. The van der Waals surface area contributed by atoms with Gasteiger partial charge in [-0.1, -0.05) is 12.1 Å². The first-order valence-electron chi connectivity index (χ1n) is 7.72. The second-order valence-electron chi connectivity index (χ2n) is 5.23. The van der Waals surface area contributed by atoms with Crippen LogP contribution in [0.25, 0.3) is 0 Å². The zero-order valence-corrected chi connectivity index (χ0v) is 15.1. The van der Waals surface area contributed by atoms with Crippen LogP contribution in [-0.4, -0.2) is 37.2 Å². The first-order valence-corrected chi connectivity index (χ1v) is 8.95. The first kappa shape index (κ1) is 20.4. The highest BCUT2D eigenvalue weighted by atomic mass is 32.2. The molecule has 0 aromatic heterocycles. The molecule has 0 aliphatic carbocycles. The Morgan fingerprint density at radius 3 is 2.48 bits per heavy atom. The van der Waals surface area contributed by atoms with Gasteiger partial charge in [0.05, 0.1) is 12.1 Å². The molecule has 2 N–H and O–H groups in total. The van der Waals surface area contributed by atoms with E-state index in [2.05, 4.69) is 10.6 Å². The summed E-state index contributed by atoms with van der Waals surface area (Å²) in [6.45, 7) is -0.975. The van der Waals surface area contributed by atoms with Gasteiger partial charge in [-0.15, -0.1) is 11.8 Å². The second-order valence-corrected chi connectivity index (χ2v) is 6.08. The van der Waals surface area contributed by atoms with E-state index in [0.29, 0.717) is 10.5 Å². The summed E-state index contributed by atoms with van der Waals surface area (Å²) < 4.78 is 30.8. The standard InChI is InChI=1S/C18H16F2N2O4S/c1-27-15-5-3-2-4-12(15)18(25)26-10-17(24)21-9-16(23)22-11-6-7-13(19)14(20)8-11/h2-8H,9-10H2,1H3,(H,21,24)(H,22,23). The number of thioether (sulfide) groups is 1. The number of amides is 2. The maximum Gasteiger partial charge on any atom is 0.339 e. The molecule has 0 saturated carbocycles. The summed E-state index contributed by atoms with van der Waals surface area (Å²) in [6.07, 6.45) is 1.81. The number of halogens is 2. The highest BCUT2D eigenvalue weighted by molar-refractivity contribution is 7.98. The Balaban J connectivity index is 1.77. The van der Waals surface area contributed by atoms with E-state index < -0.39 is 42.6 Å². The molecule has 0 atom stereocenters. The van der Waals surface area contributed by atoms with Gasteiger partial charge in [-0.25, -0.2) is 13.6 Å². The molecule has 2 aromatic rings. The van der Waals surface area contributed by atoms with Crippen LogP contribution in [-0.2, 0) is 14.3 Å². The lowest BCUT2D eigenvalue weighted by Crippen LogP contribution is -2.35. The Bertz CT molecular complexity index is 861. The number of esters is 1. The molecule has 2 amide bonds. The number of hydrogen-bond donors (Lipinski definition) is 2. The van der Waals surface area contributed by atoms with Crippen LogP contribution in [0, 0.1) is 11.6 Å². The highest BCUT2D eigenvalue weighted by Gasteiger charge is 2.14. The van der Waals surface area contributed by atoms with Gasteiger partial charge in [-0.2, -0.15) is 0 Å². The van der Waals surface area contributed by atoms with Crippen molar-refractivity contribution in [3.63, 3.8) is 0 Å². The zero-order chi connectivity index (χ0) is 19.8. The van der Waals surface area contributed by atoms with Crippen molar-refractivity contribution in [3.8, 4) is 0 Å². The van der Waals surface area contributed by atoms with Gasteiger partial charge in [0.1, 0.15) is 0 Å². The van der Waals surface area contributed by atoms with Gasteiger partial charge in [0.15, 0.2) is 18.2 Å². The van der Waals surface area contributed by atoms with Crippen LogP contribution in [0.1, 0.15) is 10.4 Å². The van der Waals surface area contributed by atoms with Crippen molar-refractivity contribution in [1.82, 2.24) is 5.32 Å². The summed E-state index contributed by atoms with van der Waals surface area (Å²) in [5.74, 6) is -4.11. The monoisotopic (exact) mass is 394 g/mol. The van der Waals surface area contributed by atoms with Crippen LogP contribution in [0.15, 0.2) is 47.4 Å². The van der Waals surface area contributed by atoms with Crippen LogP contribution in [0.4, 0.5) is 14.5 Å². The molecule has 0 aliphatic rings. The number of carbonyl (C=O) groups excluding carboxylic acids is 3. The van der Waals surface area contributed by atoms with Crippen LogP contribution in [0.3, 0.4) is 0 Å². The van der Waals surface area contributed by atoms with Crippen molar-refractivity contribution in [1.29, 1.82) is 0 Å². The predicted molar refractivity (Wildman–Crippen MR) is 96.5 cm³/mol. The molecule has 2 rings (SSSR count). The van der Waals surface area contributed by atoms with Crippen LogP contribution < -0.4 is 10.6 Å². The Labute approximate surface area is 158 Å². The molecule has 2 aromatic carbocycles. The third-order valence-corrected chi connectivity index (χ3v) is 4.11. The van der Waals surface area contributed by atoms with Gasteiger partial charge in [0.25, 0.3) is 5.91 Å². The van der Waals surface area contributed by atoms with Gasteiger partial charge in [-0.3, -0.25) is 9.59 Å². The molecular weight excluding hydrogens is 378 g/mol. The van der Waals surface area contributed by atoms with Crippen molar-refractivity contribution in [2.75, 3.05) is 24.7 Å². The fraction of sp³-hybridized carbons (Fsp3) is 0.167. The zero-order valence-electron chi connectivity index (χ0n) is 14.3. The van der Waals surface area contributed by atoms with Crippen molar-refractivity contribution >= 4 is 35.2 Å². The van der Waals surface area contributed by atoms with E-state index >= 15 is 0 Å². The molecule has 0 spiro atoms. The number of anilines is 1. The first-order chi connectivity index (χ1) is 12.9. The third kappa shape index (κ3) is 6.07. The van der Waals surface area contributed by atoms with E-state index in [-0.39, 0.29) is 5.69 Å². The van der Waals surface area contributed by atoms with Gasteiger partial charge in [0, 0.05) is 16.6 Å². The summed E-state index contributed by atoms with van der Waals surface area (Å²) in [4.78, 5) is 36.1. The third-order valence-electron chi connectivity index (χ3n) is 3.31. The Kier molecular flexibility index (Phi) is 7.30. The van der Waals surface area contributed by atoms with Crippen LogP contribution >= 0.6 is 11.8 Å². The molecule has 0 fully saturated rings. The largest absolute Gasteiger partial charge is 0.452 e. The molecule has 6 nitrogen and oxygen atoms in total. The average Bonchev–Trinajstić information content (AvgIpc) is 2.67. The molecule has 0 unspecified atom stereocenters. The molecule has 0 heterocycles. The van der Waals surface area contributed by atoms with Crippen molar-refractivity contribution in [3.05, 3.63) is 59.7 Å².